The van der Waals surface area contributed by atoms with Crippen LogP contribution in [0.4, 0.5) is 0 Å². The minimum absolute atomic E-state index is 0.0361. The van der Waals surface area contributed by atoms with Gasteiger partial charge in [-0.2, -0.15) is 5.10 Å². The molecule has 0 spiro atoms. The van der Waals surface area contributed by atoms with Crippen molar-refractivity contribution in [2.24, 2.45) is 7.05 Å². The van der Waals surface area contributed by atoms with E-state index in [4.69, 9.17) is 0 Å². The molecule has 29 heavy (non-hydrogen) atoms. The SMILES string of the molecule is CC(C(=O)N1CCCCC1)N1CCN(C(=O)c2csc(-c3cnn(C)c3)n2)CC1. The van der Waals surface area contributed by atoms with E-state index in [0.717, 1.165) is 36.5 Å². The molecule has 2 aromatic heterocycles. The van der Waals surface area contributed by atoms with Crippen LogP contribution in [0.2, 0.25) is 0 Å². The van der Waals surface area contributed by atoms with Gasteiger partial charge >= 0.3 is 0 Å². The summed E-state index contributed by atoms with van der Waals surface area (Å²) < 4.78 is 1.73. The molecule has 2 aliphatic rings. The molecular formula is C20H28N6O2S. The summed E-state index contributed by atoms with van der Waals surface area (Å²) in [5.74, 6) is 0.191. The lowest BCUT2D eigenvalue weighted by Gasteiger charge is -2.39. The fourth-order valence-corrected chi connectivity index (χ4v) is 4.81. The second-order valence-electron chi connectivity index (χ2n) is 7.83. The molecule has 0 aromatic carbocycles. The first-order chi connectivity index (χ1) is 14.0. The molecule has 8 nitrogen and oxygen atoms in total. The maximum atomic E-state index is 12.9. The van der Waals surface area contributed by atoms with Crippen LogP contribution in [-0.2, 0) is 11.8 Å². The van der Waals surface area contributed by atoms with E-state index in [2.05, 4.69) is 15.0 Å². The Labute approximate surface area is 175 Å². The van der Waals surface area contributed by atoms with Crippen molar-refractivity contribution in [1.82, 2.24) is 29.5 Å². The molecule has 0 bridgehead atoms. The molecule has 2 aromatic rings. The van der Waals surface area contributed by atoms with Gasteiger partial charge in [-0.1, -0.05) is 0 Å². The Kier molecular flexibility index (Phi) is 5.96. The molecule has 2 amide bonds. The largest absolute Gasteiger partial charge is 0.341 e. The number of hydrogen-bond donors (Lipinski definition) is 0. The first kappa shape index (κ1) is 20.0. The Hall–Kier alpha value is -2.26. The van der Waals surface area contributed by atoms with Gasteiger partial charge < -0.3 is 9.80 Å². The van der Waals surface area contributed by atoms with Crippen LogP contribution in [0.1, 0.15) is 36.7 Å². The van der Waals surface area contributed by atoms with E-state index < -0.39 is 0 Å². The second kappa shape index (κ2) is 8.62. The molecule has 0 N–H and O–H groups in total. The minimum atomic E-state index is -0.123. The molecule has 9 heteroatoms. The highest BCUT2D eigenvalue weighted by atomic mass is 32.1. The fourth-order valence-electron chi connectivity index (χ4n) is 4.05. The van der Waals surface area contributed by atoms with E-state index in [1.54, 1.807) is 10.9 Å². The van der Waals surface area contributed by atoms with Gasteiger partial charge in [0.25, 0.3) is 5.91 Å². The van der Waals surface area contributed by atoms with Crippen molar-refractivity contribution in [3.63, 3.8) is 0 Å². The molecule has 0 radical (unpaired) electrons. The Morgan fingerprint density at radius 1 is 1.03 bits per heavy atom. The number of nitrogens with zero attached hydrogens (tertiary/aromatic N) is 6. The van der Waals surface area contributed by atoms with Gasteiger partial charge in [-0.3, -0.25) is 19.2 Å². The highest BCUT2D eigenvalue weighted by Crippen LogP contribution is 2.24. The summed E-state index contributed by atoms with van der Waals surface area (Å²) in [6, 6.07) is -0.123. The third kappa shape index (κ3) is 4.35. The molecule has 2 aliphatic heterocycles. The van der Waals surface area contributed by atoms with E-state index in [1.165, 1.54) is 17.8 Å². The number of aromatic nitrogens is 3. The van der Waals surface area contributed by atoms with Crippen molar-refractivity contribution < 1.29 is 9.59 Å². The Morgan fingerprint density at radius 2 is 1.76 bits per heavy atom. The third-order valence-corrected chi connectivity index (χ3v) is 6.74. The maximum absolute atomic E-state index is 12.9. The van der Waals surface area contributed by atoms with Crippen LogP contribution in [0.5, 0.6) is 0 Å². The van der Waals surface area contributed by atoms with Crippen molar-refractivity contribution >= 4 is 23.2 Å². The summed E-state index contributed by atoms with van der Waals surface area (Å²) >= 11 is 1.46. The number of hydrogen-bond acceptors (Lipinski definition) is 6. The molecule has 156 valence electrons. The van der Waals surface area contributed by atoms with Crippen LogP contribution >= 0.6 is 11.3 Å². The zero-order valence-corrected chi connectivity index (χ0v) is 17.9. The molecule has 2 saturated heterocycles. The maximum Gasteiger partial charge on any atom is 0.273 e. The second-order valence-corrected chi connectivity index (χ2v) is 8.69. The summed E-state index contributed by atoms with van der Waals surface area (Å²) in [6.45, 7) is 6.43. The quantitative estimate of drug-likeness (QED) is 0.759. The van der Waals surface area contributed by atoms with E-state index in [9.17, 15) is 9.59 Å². The average molecular weight is 417 g/mol. The lowest BCUT2D eigenvalue weighted by Crippen LogP contribution is -2.56. The van der Waals surface area contributed by atoms with E-state index in [1.807, 2.05) is 35.3 Å². The van der Waals surface area contributed by atoms with Gasteiger partial charge in [-0.15, -0.1) is 11.3 Å². The Bertz CT molecular complexity index is 864. The van der Waals surface area contributed by atoms with Crippen molar-refractivity contribution in [1.29, 1.82) is 0 Å². The zero-order valence-electron chi connectivity index (χ0n) is 17.1. The number of aryl methyl sites for hydroxylation is 1. The fraction of sp³-hybridized carbons (Fsp3) is 0.600. The highest BCUT2D eigenvalue weighted by Gasteiger charge is 2.31. The summed E-state index contributed by atoms with van der Waals surface area (Å²) in [7, 11) is 1.86. The predicted octanol–water partition coefficient (Wildman–Crippen LogP) is 1.70. The molecule has 2 fully saturated rings. The Morgan fingerprint density at radius 3 is 2.41 bits per heavy atom. The van der Waals surface area contributed by atoms with Gasteiger partial charge in [0, 0.05) is 63.5 Å². The normalized spacial score (nSPS) is 19.4. The van der Waals surface area contributed by atoms with Crippen molar-refractivity contribution in [3.8, 4) is 10.6 Å². The van der Waals surface area contributed by atoms with Crippen molar-refractivity contribution in [2.75, 3.05) is 39.3 Å². The van der Waals surface area contributed by atoms with Crippen molar-refractivity contribution in [3.05, 3.63) is 23.5 Å². The topological polar surface area (TPSA) is 74.6 Å². The summed E-state index contributed by atoms with van der Waals surface area (Å²) in [5, 5.41) is 6.79. The molecule has 4 rings (SSSR count). The smallest absolute Gasteiger partial charge is 0.273 e. The van der Waals surface area contributed by atoms with Gasteiger partial charge in [0.15, 0.2) is 0 Å². The third-order valence-electron chi connectivity index (χ3n) is 5.85. The number of piperazine rings is 1. The highest BCUT2D eigenvalue weighted by molar-refractivity contribution is 7.13. The molecule has 0 saturated carbocycles. The van der Waals surface area contributed by atoms with Crippen LogP contribution in [0.15, 0.2) is 17.8 Å². The molecule has 1 unspecified atom stereocenters. The first-order valence-corrected chi connectivity index (χ1v) is 11.2. The van der Waals surface area contributed by atoms with Gasteiger partial charge in [-0.25, -0.2) is 4.98 Å². The van der Waals surface area contributed by atoms with E-state index in [-0.39, 0.29) is 17.9 Å². The number of thiazole rings is 1. The summed E-state index contributed by atoms with van der Waals surface area (Å²) in [4.78, 5) is 36.2. The van der Waals surface area contributed by atoms with Crippen LogP contribution < -0.4 is 0 Å². The average Bonchev–Trinajstić information content (AvgIpc) is 3.42. The number of carbonyl (C=O) groups is 2. The van der Waals surface area contributed by atoms with Crippen LogP contribution in [0.3, 0.4) is 0 Å². The van der Waals surface area contributed by atoms with Crippen LogP contribution in [-0.4, -0.2) is 86.6 Å². The van der Waals surface area contributed by atoms with Crippen LogP contribution in [0.25, 0.3) is 10.6 Å². The molecule has 1 atom stereocenters. The van der Waals surface area contributed by atoms with Gasteiger partial charge in [0.2, 0.25) is 5.91 Å². The number of piperidine rings is 1. The van der Waals surface area contributed by atoms with Gasteiger partial charge in [0.1, 0.15) is 10.7 Å². The Balaban J connectivity index is 1.32. The van der Waals surface area contributed by atoms with Gasteiger partial charge in [-0.05, 0) is 26.2 Å². The molecule has 4 heterocycles. The lowest BCUT2D eigenvalue weighted by molar-refractivity contribution is -0.137. The number of rotatable bonds is 4. The number of amides is 2. The number of carbonyl (C=O) groups excluding carboxylic acids is 2. The summed E-state index contributed by atoms with van der Waals surface area (Å²) in [5.41, 5.74) is 1.41. The molecule has 0 aliphatic carbocycles. The monoisotopic (exact) mass is 416 g/mol. The van der Waals surface area contributed by atoms with Crippen molar-refractivity contribution in [2.45, 2.75) is 32.2 Å². The molecular weight excluding hydrogens is 388 g/mol. The first-order valence-electron chi connectivity index (χ1n) is 10.3. The predicted molar refractivity (Wildman–Crippen MR) is 112 cm³/mol. The minimum Gasteiger partial charge on any atom is -0.341 e. The number of likely N-dealkylation sites (tertiary alicyclic amines) is 1. The van der Waals surface area contributed by atoms with Gasteiger partial charge in [0.05, 0.1) is 12.2 Å². The summed E-state index contributed by atoms with van der Waals surface area (Å²) in [6.07, 6.45) is 7.09. The van der Waals surface area contributed by atoms with Crippen LogP contribution in [0, 0.1) is 0 Å². The van der Waals surface area contributed by atoms with E-state index >= 15 is 0 Å². The standard InChI is InChI=1S/C20H28N6O2S/c1-15(19(27)25-6-4-3-5-7-25)24-8-10-26(11-9-24)20(28)17-14-29-18(22-17)16-12-21-23(2)13-16/h12-15H,3-11H2,1-2H3. The van der Waals surface area contributed by atoms with E-state index in [0.29, 0.717) is 31.9 Å². The zero-order chi connectivity index (χ0) is 20.4. The lowest BCUT2D eigenvalue weighted by atomic mass is 10.1.